The first-order chi connectivity index (χ1) is 18.4. The fourth-order valence-corrected chi connectivity index (χ4v) is 5.64. The second-order valence-electron chi connectivity index (χ2n) is 9.21. The standard InChI is InChI=1S/C29H27FN2O6/c1-37-22-14-12-21(13-15-22)29(19-8-4-2-5-9-19,20-10-6-3-7-11-20)28(16-24(34)25(18-33)38-28)32-17-23(30)26(35)31-27(32)36/h2-15,17,24-25,33-34H,16,18H2,1H3,(H,31,35,36)/t24-,25+,28-/m0/s1. The molecule has 0 bridgehead atoms. The van der Waals surface area contributed by atoms with Crippen molar-refractivity contribution in [3.8, 4) is 5.75 Å². The summed E-state index contributed by atoms with van der Waals surface area (Å²) in [5.74, 6) is -0.607. The Balaban J connectivity index is 2.00. The molecule has 2 heterocycles. The van der Waals surface area contributed by atoms with E-state index in [1.165, 1.54) is 0 Å². The van der Waals surface area contributed by atoms with Crippen LogP contribution in [0.15, 0.2) is 101 Å². The number of nitrogens with zero attached hydrogens (tertiary/aromatic N) is 1. The number of aliphatic hydroxyl groups excluding tert-OH is 2. The molecule has 38 heavy (non-hydrogen) atoms. The lowest BCUT2D eigenvalue weighted by atomic mass is 9.61. The number of hydrogen-bond acceptors (Lipinski definition) is 6. The first-order valence-corrected chi connectivity index (χ1v) is 12.1. The third kappa shape index (κ3) is 3.87. The summed E-state index contributed by atoms with van der Waals surface area (Å²) in [6.45, 7) is -0.550. The molecule has 8 nitrogen and oxygen atoms in total. The normalized spacial score (nSPS) is 21.4. The van der Waals surface area contributed by atoms with Gasteiger partial charge >= 0.3 is 5.69 Å². The molecule has 5 rings (SSSR count). The minimum Gasteiger partial charge on any atom is -0.497 e. The van der Waals surface area contributed by atoms with Gasteiger partial charge in [0, 0.05) is 6.42 Å². The van der Waals surface area contributed by atoms with Gasteiger partial charge < -0.3 is 19.7 Å². The predicted octanol–water partition coefficient (Wildman–Crippen LogP) is 2.51. The maximum Gasteiger partial charge on any atom is 0.330 e. The molecule has 3 N–H and O–H groups in total. The van der Waals surface area contributed by atoms with Crippen molar-refractivity contribution in [3.05, 3.63) is 134 Å². The van der Waals surface area contributed by atoms with E-state index < -0.39 is 47.0 Å². The van der Waals surface area contributed by atoms with Gasteiger partial charge in [-0.1, -0.05) is 72.8 Å². The molecule has 0 aliphatic carbocycles. The van der Waals surface area contributed by atoms with Gasteiger partial charge in [0.05, 0.1) is 31.4 Å². The molecule has 1 aromatic heterocycles. The van der Waals surface area contributed by atoms with Crippen molar-refractivity contribution >= 4 is 0 Å². The molecule has 9 heteroatoms. The summed E-state index contributed by atoms with van der Waals surface area (Å²) in [5.41, 5.74) is -3.35. The molecule has 0 unspecified atom stereocenters. The highest BCUT2D eigenvalue weighted by atomic mass is 19.1. The maximum atomic E-state index is 14.9. The summed E-state index contributed by atoms with van der Waals surface area (Å²) >= 11 is 0. The van der Waals surface area contributed by atoms with E-state index in [-0.39, 0.29) is 6.42 Å². The molecule has 3 atom stereocenters. The van der Waals surface area contributed by atoms with Crippen molar-refractivity contribution in [1.29, 1.82) is 0 Å². The Morgan fingerprint density at radius 2 is 1.55 bits per heavy atom. The highest BCUT2D eigenvalue weighted by molar-refractivity contribution is 5.54. The van der Waals surface area contributed by atoms with Crippen molar-refractivity contribution in [3.63, 3.8) is 0 Å². The van der Waals surface area contributed by atoms with Gasteiger partial charge in [-0.3, -0.25) is 14.3 Å². The number of aromatic nitrogens is 2. The number of aliphatic hydroxyl groups is 2. The van der Waals surface area contributed by atoms with Gasteiger partial charge in [0.25, 0.3) is 5.56 Å². The fraction of sp³-hybridized carbons (Fsp3) is 0.241. The van der Waals surface area contributed by atoms with E-state index in [4.69, 9.17) is 9.47 Å². The molecule has 0 amide bonds. The van der Waals surface area contributed by atoms with Crippen molar-refractivity contribution in [2.45, 2.75) is 29.8 Å². The van der Waals surface area contributed by atoms with Gasteiger partial charge in [0.2, 0.25) is 5.82 Å². The Morgan fingerprint density at radius 3 is 2.05 bits per heavy atom. The van der Waals surface area contributed by atoms with Crippen LogP contribution in [0.4, 0.5) is 4.39 Å². The van der Waals surface area contributed by atoms with Crippen LogP contribution in [0.2, 0.25) is 0 Å². The minimum absolute atomic E-state index is 0.209. The van der Waals surface area contributed by atoms with E-state index >= 15 is 0 Å². The molecular weight excluding hydrogens is 491 g/mol. The third-order valence-electron chi connectivity index (χ3n) is 7.25. The summed E-state index contributed by atoms with van der Waals surface area (Å²) in [6, 6.07) is 25.6. The highest BCUT2D eigenvalue weighted by Gasteiger charge is 2.63. The average Bonchev–Trinajstić information content (AvgIpc) is 3.29. The van der Waals surface area contributed by atoms with Gasteiger partial charge in [-0.25, -0.2) is 4.79 Å². The van der Waals surface area contributed by atoms with Gasteiger partial charge in [-0.15, -0.1) is 0 Å². The van der Waals surface area contributed by atoms with Gasteiger partial charge in [-0.05, 0) is 28.8 Å². The van der Waals surface area contributed by atoms with Crippen LogP contribution in [0.3, 0.4) is 0 Å². The number of H-pyrrole nitrogens is 1. The molecule has 1 fully saturated rings. The molecule has 1 aliphatic heterocycles. The van der Waals surface area contributed by atoms with Crippen LogP contribution >= 0.6 is 0 Å². The Hall–Kier alpha value is -4.05. The average molecular weight is 519 g/mol. The van der Waals surface area contributed by atoms with Crippen molar-refractivity contribution in [2.24, 2.45) is 0 Å². The Labute approximate surface area is 217 Å². The molecule has 4 aromatic rings. The quantitative estimate of drug-likeness (QED) is 0.324. The van der Waals surface area contributed by atoms with Crippen molar-refractivity contribution in [1.82, 2.24) is 9.55 Å². The van der Waals surface area contributed by atoms with E-state index in [1.54, 1.807) is 19.2 Å². The Kier molecular flexibility index (Phi) is 6.75. The van der Waals surface area contributed by atoms with Crippen LogP contribution < -0.4 is 16.0 Å². The highest BCUT2D eigenvalue weighted by Crippen LogP contribution is 2.56. The molecule has 0 spiro atoms. The predicted molar refractivity (Wildman–Crippen MR) is 138 cm³/mol. The summed E-state index contributed by atoms with van der Waals surface area (Å²) in [5, 5.41) is 21.2. The monoisotopic (exact) mass is 518 g/mol. The summed E-state index contributed by atoms with van der Waals surface area (Å²) in [4.78, 5) is 27.5. The molecular formula is C29H27FN2O6. The first-order valence-electron chi connectivity index (χ1n) is 12.1. The number of ether oxygens (including phenoxy) is 2. The van der Waals surface area contributed by atoms with Crippen molar-refractivity contribution < 1.29 is 24.1 Å². The van der Waals surface area contributed by atoms with E-state index in [9.17, 15) is 24.2 Å². The van der Waals surface area contributed by atoms with Gasteiger partial charge in [0.1, 0.15) is 11.9 Å². The van der Waals surface area contributed by atoms with Crippen LogP contribution in [-0.4, -0.2) is 45.7 Å². The second-order valence-corrected chi connectivity index (χ2v) is 9.21. The maximum absolute atomic E-state index is 14.9. The zero-order valence-corrected chi connectivity index (χ0v) is 20.6. The number of nitrogens with one attached hydrogen (secondary N) is 1. The SMILES string of the molecule is COc1ccc(C(c2ccccc2)(c2ccccc2)[C@]2(n3cc(F)c(=O)[nH]c3=O)C[C@H](O)[C@@H](CO)O2)cc1. The zero-order chi connectivity index (χ0) is 26.9. The van der Waals surface area contributed by atoms with Crippen LogP contribution in [0.5, 0.6) is 5.75 Å². The van der Waals surface area contributed by atoms with E-state index in [0.29, 0.717) is 22.4 Å². The third-order valence-corrected chi connectivity index (χ3v) is 7.25. The lowest BCUT2D eigenvalue weighted by Gasteiger charge is -2.50. The molecule has 0 radical (unpaired) electrons. The molecule has 3 aromatic carbocycles. The lowest BCUT2D eigenvalue weighted by Crippen LogP contribution is -2.59. The Bertz CT molecular complexity index is 1480. The van der Waals surface area contributed by atoms with Crippen LogP contribution in [-0.2, 0) is 15.9 Å². The smallest absolute Gasteiger partial charge is 0.330 e. The van der Waals surface area contributed by atoms with Gasteiger partial charge in [-0.2, -0.15) is 4.39 Å². The van der Waals surface area contributed by atoms with Crippen molar-refractivity contribution in [2.75, 3.05) is 13.7 Å². The topological polar surface area (TPSA) is 114 Å². The molecule has 196 valence electrons. The summed E-state index contributed by atoms with van der Waals surface area (Å²) < 4.78 is 27.7. The number of rotatable bonds is 7. The van der Waals surface area contributed by atoms with Gasteiger partial charge in [0.15, 0.2) is 5.72 Å². The zero-order valence-electron chi connectivity index (χ0n) is 20.6. The number of aromatic amines is 1. The van der Waals surface area contributed by atoms with Crippen LogP contribution in [0.1, 0.15) is 23.1 Å². The number of hydrogen-bond donors (Lipinski definition) is 3. The minimum atomic E-state index is -1.83. The largest absolute Gasteiger partial charge is 0.497 e. The fourth-order valence-electron chi connectivity index (χ4n) is 5.64. The van der Waals surface area contributed by atoms with E-state index in [1.807, 2.05) is 77.8 Å². The number of halogens is 1. The summed E-state index contributed by atoms with van der Waals surface area (Å²) in [6.07, 6.45) is -1.72. The van der Waals surface area contributed by atoms with E-state index in [0.717, 1.165) is 10.8 Å². The number of benzene rings is 3. The molecule has 0 saturated carbocycles. The number of methoxy groups -OCH3 is 1. The summed E-state index contributed by atoms with van der Waals surface area (Å²) in [7, 11) is 1.54. The second kappa shape index (κ2) is 10.0. The molecule has 1 aliphatic rings. The first kappa shape index (κ1) is 25.6. The Morgan fingerprint density at radius 1 is 1.00 bits per heavy atom. The van der Waals surface area contributed by atoms with Crippen LogP contribution in [0, 0.1) is 5.82 Å². The van der Waals surface area contributed by atoms with Crippen LogP contribution in [0.25, 0.3) is 0 Å². The lowest BCUT2D eigenvalue weighted by molar-refractivity contribution is -0.147. The van der Waals surface area contributed by atoms with E-state index in [2.05, 4.69) is 0 Å². The molecule has 1 saturated heterocycles.